The van der Waals surface area contributed by atoms with E-state index in [1.807, 2.05) is 26.0 Å². The van der Waals surface area contributed by atoms with Crippen LogP contribution >= 0.6 is 23.2 Å². The molecule has 0 bridgehead atoms. The van der Waals surface area contributed by atoms with Crippen molar-refractivity contribution in [3.8, 4) is 5.69 Å². The number of benzene rings is 1. The van der Waals surface area contributed by atoms with Crippen LogP contribution in [0.1, 0.15) is 36.8 Å². The van der Waals surface area contributed by atoms with Crippen LogP contribution in [0.2, 0.25) is 10.0 Å². The molecule has 3 nitrogen and oxygen atoms in total. The van der Waals surface area contributed by atoms with Gasteiger partial charge in [-0.2, -0.15) is 5.10 Å². The highest BCUT2D eigenvalue weighted by Gasteiger charge is 2.14. The molecule has 1 atom stereocenters. The summed E-state index contributed by atoms with van der Waals surface area (Å²) in [6.45, 7) is 8.96. The molecule has 1 aromatic heterocycles. The van der Waals surface area contributed by atoms with Crippen LogP contribution in [0.3, 0.4) is 0 Å². The van der Waals surface area contributed by atoms with Crippen LogP contribution in [0, 0.1) is 13.8 Å². The van der Waals surface area contributed by atoms with E-state index in [1.54, 1.807) is 4.68 Å². The summed E-state index contributed by atoms with van der Waals surface area (Å²) in [4.78, 5) is 0. The maximum absolute atomic E-state index is 6.41. The standard InChI is InChI=1S/C15H19Cl2N3/c1-5-18-9(2)12-6-7-14(13(16)8-12)20-11(4)15(17)10(3)19-20/h6-9,18H,5H2,1-4H3. The van der Waals surface area contributed by atoms with Gasteiger partial charge in [0.2, 0.25) is 0 Å². The summed E-state index contributed by atoms with van der Waals surface area (Å²) in [5, 5.41) is 9.17. The Morgan fingerprint density at radius 3 is 2.50 bits per heavy atom. The predicted octanol–water partition coefficient (Wildman–Crippen LogP) is 4.47. The third kappa shape index (κ3) is 2.85. The Balaban J connectivity index is 2.41. The minimum Gasteiger partial charge on any atom is -0.310 e. The molecule has 1 heterocycles. The predicted molar refractivity (Wildman–Crippen MR) is 85.1 cm³/mol. The van der Waals surface area contributed by atoms with E-state index in [1.165, 1.54) is 0 Å². The number of aromatic nitrogens is 2. The van der Waals surface area contributed by atoms with Crippen molar-refractivity contribution in [1.82, 2.24) is 15.1 Å². The zero-order chi connectivity index (χ0) is 14.9. The van der Waals surface area contributed by atoms with Crippen LogP contribution in [0.4, 0.5) is 0 Å². The maximum atomic E-state index is 6.41. The Morgan fingerprint density at radius 2 is 2.00 bits per heavy atom. The van der Waals surface area contributed by atoms with E-state index in [9.17, 15) is 0 Å². The second-order valence-corrected chi connectivity index (χ2v) is 5.67. The molecule has 0 aliphatic heterocycles. The summed E-state index contributed by atoms with van der Waals surface area (Å²) in [6.07, 6.45) is 0. The first kappa shape index (κ1) is 15.4. The summed E-state index contributed by atoms with van der Waals surface area (Å²) in [7, 11) is 0. The van der Waals surface area contributed by atoms with E-state index >= 15 is 0 Å². The lowest BCUT2D eigenvalue weighted by Crippen LogP contribution is -2.17. The van der Waals surface area contributed by atoms with Gasteiger partial charge in [0.05, 0.1) is 27.1 Å². The molecular weight excluding hydrogens is 293 g/mol. The SMILES string of the molecule is CCNC(C)c1ccc(-n2nc(C)c(Cl)c2C)c(Cl)c1. The first-order valence-corrected chi connectivity index (χ1v) is 7.46. The second kappa shape index (κ2) is 6.17. The van der Waals surface area contributed by atoms with Crippen LogP contribution in [-0.2, 0) is 0 Å². The van der Waals surface area contributed by atoms with Crippen LogP contribution < -0.4 is 5.32 Å². The molecule has 0 saturated heterocycles. The van der Waals surface area contributed by atoms with Gasteiger partial charge in [0, 0.05) is 6.04 Å². The minimum absolute atomic E-state index is 0.274. The molecule has 0 aliphatic rings. The molecule has 1 aromatic carbocycles. The molecule has 1 unspecified atom stereocenters. The summed E-state index contributed by atoms with van der Waals surface area (Å²) in [5.74, 6) is 0. The van der Waals surface area contributed by atoms with E-state index < -0.39 is 0 Å². The highest BCUT2D eigenvalue weighted by atomic mass is 35.5. The Bertz CT molecular complexity index is 620. The molecule has 0 aliphatic carbocycles. The summed E-state index contributed by atoms with van der Waals surface area (Å²) < 4.78 is 1.79. The Labute approximate surface area is 129 Å². The number of nitrogens with one attached hydrogen (secondary N) is 1. The Hall–Kier alpha value is -1.03. The fraction of sp³-hybridized carbons (Fsp3) is 0.400. The number of aryl methyl sites for hydroxylation is 1. The number of hydrogen-bond acceptors (Lipinski definition) is 2. The molecular formula is C15H19Cl2N3. The van der Waals surface area contributed by atoms with Crippen molar-refractivity contribution in [3.63, 3.8) is 0 Å². The van der Waals surface area contributed by atoms with Crippen molar-refractivity contribution in [2.45, 2.75) is 33.7 Å². The van der Waals surface area contributed by atoms with Crippen LogP contribution in [-0.4, -0.2) is 16.3 Å². The van der Waals surface area contributed by atoms with E-state index in [2.05, 4.69) is 30.3 Å². The first-order chi connectivity index (χ1) is 9.45. The topological polar surface area (TPSA) is 29.9 Å². The third-order valence-corrected chi connectivity index (χ3v) is 4.26. The number of nitrogens with zero attached hydrogens (tertiary/aromatic N) is 2. The lowest BCUT2D eigenvalue weighted by molar-refractivity contribution is 0.598. The average molecular weight is 312 g/mol. The normalized spacial score (nSPS) is 12.7. The Morgan fingerprint density at radius 1 is 1.30 bits per heavy atom. The van der Waals surface area contributed by atoms with Gasteiger partial charge in [0.15, 0.2) is 0 Å². The van der Waals surface area contributed by atoms with Gasteiger partial charge < -0.3 is 5.32 Å². The number of rotatable bonds is 4. The molecule has 0 spiro atoms. The van der Waals surface area contributed by atoms with E-state index in [4.69, 9.17) is 23.2 Å². The minimum atomic E-state index is 0.274. The van der Waals surface area contributed by atoms with Gasteiger partial charge in [0.1, 0.15) is 0 Å². The van der Waals surface area contributed by atoms with Crippen LogP contribution in [0.5, 0.6) is 0 Å². The van der Waals surface area contributed by atoms with Gasteiger partial charge >= 0.3 is 0 Å². The largest absolute Gasteiger partial charge is 0.310 e. The molecule has 20 heavy (non-hydrogen) atoms. The van der Waals surface area contributed by atoms with Crippen molar-refractivity contribution >= 4 is 23.2 Å². The fourth-order valence-electron chi connectivity index (χ4n) is 2.25. The molecule has 2 aromatic rings. The van der Waals surface area contributed by atoms with Gasteiger partial charge in [0.25, 0.3) is 0 Å². The first-order valence-electron chi connectivity index (χ1n) is 6.70. The van der Waals surface area contributed by atoms with Crippen LogP contribution in [0.25, 0.3) is 5.69 Å². The monoisotopic (exact) mass is 311 g/mol. The van der Waals surface area contributed by atoms with E-state index in [0.717, 1.165) is 29.2 Å². The van der Waals surface area contributed by atoms with Crippen LogP contribution in [0.15, 0.2) is 18.2 Å². The summed E-state index contributed by atoms with van der Waals surface area (Å²) in [5.41, 5.74) is 3.73. The van der Waals surface area contributed by atoms with Gasteiger partial charge in [-0.3, -0.25) is 0 Å². The van der Waals surface area contributed by atoms with Crippen molar-refractivity contribution in [3.05, 3.63) is 45.2 Å². The molecule has 0 radical (unpaired) electrons. The fourth-order valence-corrected chi connectivity index (χ4v) is 2.63. The van der Waals surface area contributed by atoms with Gasteiger partial charge in [-0.05, 0) is 45.0 Å². The lowest BCUT2D eigenvalue weighted by Gasteiger charge is -2.15. The highest BCUT2D eigenvalue weighted by Crippen LogP contribution is 2.28. The van der Waals surface area contributed by atoms with Gasteiger partial charge in [-0.1, -0.05) is 36.2 Å². The van der Waals surface area contributed by atoms with E-state index in [0.29, 0.717) is 10.0 Å². The molecule has 108 valence electrons. The molecule has 0 amide bonds. The zero-order valence-electron chi connectivity index (χ0n) is 12.2. The summed E-state index contributed by atoms with van der Waals surface area (Å²) in [6, 6.07) is 6.31. The molecule has 5 heteroatoms. The molecule has 0 fully saturated rings. The number of halogens is 2. The van der Waals surface area contributed by atoms with Crippen molar-refractivity contribution in [1.29, 1.82) is 0 Å². The van der Waals surface area contributed by atoms with E-state index in [-0.39, 0.29) is 6.04 Å². The van der Waals surface area contributed by atoms with Crippen molar-refractivity contribution in [2.24, 2.45) is 0 Å². The quantitative estimate of drug-likeness (QED) is 0.903. The Kier molecular flexibility index (Phi) is 4.74. The maximum Gasteiger partial charge on any atom is 0.0848 e. The third-order valence-electron chi connectivity index (χ3n) is 3.41. The second-order valence-electron chi connectivity index (χ2n) is 4.89. The summed E-state index contributed by atoms with van der Waals surface area (Å²) >= 11 is 12.6. The lowest BCUT2D eigenvalue weighted by atomic mass is 10.1. The highest BCUT2D eigenvalue weighted by molar-refractivity contribution is 6.33. The average Bonchev–Trinajstić information content (AvgIpc) is 2.66. The molecule has 0 saturated carbocycles. The zero-order valence-corrected chi connectivity index (χ0v) is 13.7. The van der Waals surface area contributed by atoms with Gasteiger partial charge in [-0.25, -0.2) is 4.68 Å². The van der Waals surface area contributed by atoms with Gasteiger partial charge in [-0.15, -0.1) is 0 Å². The molecule has 2 rings (SSSR count). The number of hydrogen-bond donors (Lipinski definition) is 1. The van der Waals surface area contributed by atoms with Crippen molar-refractivity contribution < 1.29 is 0 Å². The van der Waals surface area contributed by atoms with Crippen molar-refractivity contribution in [2.75, 3.05) is 6.54 Å². The smallest absolute Gasteiger partial charge is 0.0848 e. The molecule has 1 N–H and O–H groups in total.